The van der Waals surface area contributed by atoms with Gasteiger partial charge in [0.15, 0.2) is 6.10 Å². The standard InChI is InChI=1S/C13H26O4/c1-3-4-5-6-7-8-9-10-11(14)12(15)13(16)17-2/h11-12,14-15H,3-10H2,1-2H3/t11-,12-/m0/s1. The van der Waals surface area contributed by atoms with Crippen molar-refractivity contribution in [1.29, 1.82) is 0 Å². The minimum atomic E-state index is -1.40. The summed E-state index contributed by atoms with van der Waals surface area (Å²) < 4.78 is 4.36. The first-order valence-electron chi connectivity index (χ1n) is 6.57. The largest absolute Gasteiger partial charge is 0.467 e. The zero-order chi connectivity index (χ0) is 13.1. The summed E-state index contributed by atoms with van der Waals surface area (Å²) in [4.78, 5) is 10.9. The molecule has 0 aliphatic rings. The minimum absolute atomic E-state index is 0.448. The fourth-order valence-electron chi connectivity index (χ4n) is 1.75. The third kappa shape index (κ3) is 8.16. The minimum Gasteiger partial charge on any atom is -0.467 e. The van der Waals surface area contributed by atoms with Gasteiger partial charge >= 0.3 is 5.97 Å². The molecule has 0 aliphatic heterocycles. The van der Waals surface area contributed by atoms with E-state index in [-0.39, 0.29) is 0 Å². The van der Waals surface area contributed by atoms with Crippen LogP contribution in [-0.4, -0.2) is 35.5 Å². The summed E-state index contributed by atoms with van der Waals surface area (Å²) in [5, 5.41) is 18.8. The molecule has 0 radical (unpaired) electrons. The third-order valence-corrected chi connectivity index (χ3v) is 2.91. The molecule has 17 heavy (non-hydrogen) atoms. The molecular formula is C13H26O4. The predicted molar refractivity (Wildman–Crippen MR) is 66.6 cm³/mol. The highest BCUT2D eigenvalue weighted by Crippen LogP contribution is 2.11. The lowest BCUT2D eigenvalue weighted by atomic mass is 10.0. The lowest BCUT2D eigenvalue weighted by Gasteiger charge is -2.15. The van der Waals surface area contributed by atoms with Gasteiger partial charge in [-0.25, -0.2) is 4.79 Å². The summed E-state index contributed by atoms with van der Waals surface area (Å²) in [5.41, 5.74) is 0. The number of aliphatic hydroxyl groups excluding tert-OH is 2. The van der Waals surface area contributed by atoms with E-state index in [1.807, 2.05) is 0 Å². The van der Waals surface area contributed by atoms with Crippen molar-refractivity contribution >= 4 is 5.97 Å². The van der Waals surface area contributed by atoms with Crippen LogP contribution in [0.1, 0.15) is 58.3 Å². The van der Waals surface area contributed by atoms with Crippen molar-refractivity contribution < 1.29 is 19.7 Å². The van der Waals surface area contributed by atoms with Gasteiger partial charge in [-0.15, -0.1) is 0 Å². The van der Waals surface area contributed by atoms with Crippen molar-refractivity contribution in [2.24, 2.45) is 0 Å². The SMILES string of the molecule is CCCCCCCCC[C@H](O)[C@H](O)C(=O)OC. The van der Waals surface area contributed by atoms with Crippen molar-refractivity contribution in [3.05, 3.63) is 0 Å². The normalized spacial score (nSPS) is 14.4. The van der Waals surface area contributed by atoms with Crippen molar-refractivity contribution in [3.8, 4) is 0 Å². The molecule has 0 aromatic rings. The molecule has 0 saturated carbocycles. The summed E-state index contributed by atoms with van der Waals surface area (Å²) in [6.45, 7) is 2.19. The third-order valence-electron chi connectivity index (χ3n) is 2.91. The Morgan fingerprint density at radius 1 is 1.06 bits per heavy atom. The number of methoxy groups -OCH3 is 1. The first-order chi connectivity index (χ1) is 8.13. The van der Waals surface area contributed by atoms with E-state index in [9.17, 15) is 15.0 Å². The van der Waals surface area contributed by atoms with Gasteiger partial charge in [0.2, 0.25) is 0 Å². The Balaban J connectivity index is 3.44. The van der Waals surface area contributed by atoms with Crippen LogP contribution in [0.4, 0.5) is 0 Å². The number of ether oxygens (including phenoxy) is 1. The number of unbranched alkanes of at least 4 members (excludes halogenated alkanes) is 6. The fraction of sp³-hybridized carbons (Fsp3) is 0.923. The molecule has 0 aromatic carbocycles. The maximum absolute atomic E-state index is 10.9. The van der Waals surface area contributed by atoms with Gasteiger partial charge < -0.3 is 14.9 Å². The maximum atomic E-state index is 10.9. The first-order valence-corrected chi connectivity index (χ1v) is 6.57. The summed E-state index contributed by atoms with van der Waals surface area (Å²) in [6.07, 6.45) is 6.08. The number of rotatable bonds is 10. The fourth-order valence-corrected chi connectivity index (χ4v) is 1.75. The van der Waals surface area contributed by atoms with E-state index in [2.05, 4.69) is 11.7 Å². The van der Waals surface area contributed by atoms with E-state index in [1.54, 1.807) is 0 Å². The van der Waals surface area contributed by atoms with E-state index in [0.29, 0.717) is 6.42 Å². The van der Waals surface area contributed by atoms with Gasteiger partial charge in [-0.3, -0.25) is 0 Å². The molecule has 0 unspecified atom stereocenters. The molecule has 0 fully saturated rings. The molecule has 2 atom stereocenters. The number of carbonyl (C=O) groups excluding carboxylic acids is 1. The summed E-state index contributed by atoms with van der Waals surface area (Å²) >= 11 is 0. The Morgan fingerprint density at radius 2 is 1.59 bits per heavy atom. The summed E-state index contributed by atoms with van der Waals surface area (Å²) in [6, 6.07) is 0. The van der Waals surface area contributed by atoms with Gasteiger partial charge in [0, 0.05) is 0 Å². The highest BCUT2D eigenvalue weighted by atomic mass is 16.5. The van der Waals surface area contributed by atoms with Gasteiger partial charge in [0.1, 0.15) is 0 Å². The van der Waals surface area contributed by atoms with E-state index < -0.39 is 18.2 Å². The van der Waals surface area contributed by atoms with Gasteiger partial charge in [0.25, 0.3) is 0 Å². The van der Waals surface area contributed by atoms with Crippen LogP contribution in [0.2, 0.25) is 0 Å². The Morgan fingerprint density at radius 3 is 2.12 bits per heavy atom. The maximum Gasteiger partial charge on any atom is 0.337 e. The topological polar surface area (TPSA) is 66.8 Å². The quantitative estimate of drug-likeness (QED) is 0.457. The molecule has 0 aliphatic carbocycles. The molecule has 0 saturated heterocycles. The Bertz CT molecular complexity index is 194. The second-order valence-corrected chi connectivity index (χ2v) is 4.45. The van der Waals surface area contributed by atoms with Crippen molar-refractivity contribution in [1.82, 2.24) is 0 Å². The lowest BCUT2D eigenvalue weighted by molar-refractivity contribution is -0.156. The monoisotopic (exact) mass is 246 g/mol. The molecule has 0 amide bonds. The van der Waals surface area contributed by atoms with Crippen LogP contribution in [0.5, 0.6) is 0 Å². The average Bonchev–Trinajstić information content (AvgIpc) is 2.35. The number of hydrogen-bond donors (Lipinski definition) is 2. The zero-order valence-electron chi connectivity index (χ0n) is 11.0. The number of hydrogen-bond acceptors (Lipinski definition) is 4. The van der Waals surface area contributed by atoms with Crippen molar-refractivity contribution in [2.45, 2.75) is 70.5 Å². The van der Waals surface area contributed by atoms with Crippen LogP contribution in [0.3, 0.4) is 0 Å². The molecule has 2 N–H and O–H groups in total. The smallest absolute Gasteiger partial charge is 0.337 e. The van der Waals surface area contributed by atoms with Crippen LogP contribution >= 0.6 is 0 Å². The van der Waals surface area contributed by atoms with Crippen molar-refractivity contribution in [3.63, 3.8) is 0 Å². The van der Waals surface area contributed by atoms with Gasteiger partial charge in [-0.05, 0) is 6.42 Å². The van der Waals surface area contributed by atoms with Gasteiger partial charge in [-0.2, -0.15) is 0 Å². The highest BCUT2D eigenvalue weighted by Gasteiger charge is 2.24. The van der Waals surface area contributed by atoms with E-state index in [4.69, 9.17) is 0 Å². The number of esters is 1. The molecule has 4 nitrogen and oxygen atoms in total. The molecule has 0 aromatic heterocycles. The Labute approximate surface area is 104 Å². The lowest BCUT2D eigenvalue weighted by Crippen LogP contribution is -2.34. The van der Waals surface area contributed by atoms with Crippen LogP contribution in [-0.2, 0) is 9.53 Å². The van der Waals surface area contributed by atoms with Crippen LogP contribution in [0.25, 0.3) is 0 Å². The van der Waals surface area contributed by atoms with Gasteiger partial charge in [0.05, 0.1) is 13.2 Å². The number of carbonyl (C=O) groups is 1. The highest BCUT2D eigenvalue weighted by molar-refractivity contribution is 5.74. The molecule has 0 rings (SSSR count). The van der Waals surface area contributed by atoms with E-state index in [1.165, 1.54) is 32.8 Å². The van der Waals surface area contributed by atoms with Crippen molar-refractivity contribution in [2.75, 3.05) is 7.11 Å². The second-order valence-electron chi connectivity index (χ2n) is 4.45. The number of aliphatic hydroxyl groups is 2. The molecule has 0 spiro atoms. The summed E-state index contributed by atoms with van der Waals surface area (Å²) in [7, 11) is 1.20. The average molecular weight is 246 g/mol. The zero-order valence-corrected chi connectivity index (χ0v) is 11.0. The molecule has 102 valence electrons. The summed E-state index contributed by atoms with van der Waals surface area (Å²) in [5.74, 6) is -0.763. The van der Waals surface area contributed by atoms with E-state index >= 15 is 0 Å². The van der Waals surface area contributed by atoms with Crippen LogP contribution in [0, 0.1) is 0 Å². The Hall–Kier alpha value is -0.610. The van der Waals surface area contributed by atoms with Crippen LogP contribution in [0.15, 0.2) is 0 Å². The Kier molecular flexibility index (Phi) is 10.2. The van der Waals surface area contributed by atoms with Crippen LogP contribution < -0.4 is 0 Å². The van der Waals surface area contributed by atoms with Gasteiger partial charge in [-0.1, -0.05) is 51.9 Å². The molecule has 4 heteroatoms. The first kappa shape index (κ1) is 16.4. The van der Waals surface area contributed by atoms with E-state index in [0.717, 1.165) is 19.3 Å². The molecular weight excluding hydrogens is 220 g/mol. The molecule has 0 heterocycles. The second kappa shape index (κ2) is 10.5. The molecule has 0 bridgehead atoms. The predicted octanol–water partition coefficient (Wildman–Crippen LogP) is 2.02.